The van der Waals surface area contributed by atoms with Crippen LogP contribution < -0.4 is 4.90 Å². The molecule has 3 aromatic rings. The highest BCUT2D eigenvalue weighted by atomic mass is 19.1. The van der Waals surface area contributed by atoms with E-state index in [1.807, 2.05) is 13.0 Å². The largest absolute Gasteiger partial charge is 0.508 e. The Morgan fingerprint density at radius 3 is 2.44 bits per heavy atom. The third-order valence-electron chi connectivity index (χ3n) is 5.45. The Morgan fingerprint density at radius 1 is 0.969 bits per heavy atom. The Morgan fingerprint density at radius 2 is 1.72 bits per heavy atom. The van der Waals surface area contributed by atoms with Crippen molar-refractivity contribution in [2.75, 3.05) is 4.90 Å². The van der Waals surface area contributed by atoms with E-state index in [0.717, 1.165) is 28.7 Å². The number of amides is 1. The van der Waals surface area contributed by atoms with Crippen molar-refractivity contribution in [1.82, 2.24) is 0 Å². The van der Waals surface area contributed by atoms with Crippen LogP contribution in [0.2, 0.25) is 0 Å². The minimum atomic E-state index is -1.28. The van der Waals surface area contributed by atoms with Crippen LogP contribution in [-0.4, -0.2) is 21.9 Å². The number of ketones is 1. The van der Waals surface area contributed by atoms with Gasteiger partial charge in [-0.05, 0) is 55.3 Å². The number of aryl methyl sites for hydroxylation is 2. The highest BCUT2D eigenvalue weighted by Gasteiger charge is 2.48. The first-order chi connectivity index (χ1) is 15.2. The summed E-state index contributed by atoms with van der Waals surface area (Å²) in [5.74, 6) is -4.45. The molecule has 0 radical (unpaired) electrons. The van der Waals surface area contributed by atoms with Gasteiger partial charge in [-0.1, -0.05) is 29.8 Å². The second-order valence-corrected chi connectivity index (χ2v) is 7.68. The summed E-state index contributed by atoms with van der Waals surface area (Å²) in [5, 5.41) is 21.1. The molecule has 1 aliphatic heterocycles. The second-order valence-electron chi connectivity index (χ2n) is 7.68. The maximum Gasteiger partial charge on any atom is 0.300 e. The van der Waals surface area contributed by atoms with Crippen LogP contribution in [0.5, 0.6) is 5.75 Å². The molecule has 2 N–H and O–H groups in total. The van der Waals surface area contributed by atoms with Gasteiger partial charge in [0.1, 0.15) is 23.1 Å². The molecule has 0 aromatic heterocycles. The molecule has 162 valence electrons. The second kappa shape index (κ2) is 7.92. The van der Waals surface area contributed by atoms with E-state index in [1.54, 1.807) is 19.1 Å². The average Bonchev–Trinajstić information content (AvgIpc) is 3.02. The Bertz CT molecular complexity index is 1300. The fourth-order valence-electron chi connectivity index (χ4n) is 3.90. The lowest BCUT2D eigenvalue weighted by molar-refractivity contribution is -0.132. The van der Waals surface area contributed by atoms with Crippen LogP contribution in [0, 0.1) is 25.5 Å². The molecule has 0 aliphatic carbocycles. The summed E-state index contributed by atoms with van der Waals surface area (Å²) in [6.07, 6.45) is 0. The lowest BCUT2D eigenvalue weighted by atomic mass is 9.93. The molecule has 1 aliphatic rings. The van der Waals surface area contributed by atoms with E-state index in [0.29, 0.717) is 11.1 Å². The minimum Gasteiger partial charge on any atom is -0.508 e. The summed E-state index contributed by atoms with van der Waals surface area (Å²) >= 11 is 0. The van der Waals surface area contributed by atoms with E-state index < -0.39 is 40.8 Å². The molecule has 1 fully saturated rings. The van der Waals surface area contributed by atoms with Crippen LogP contribution in [0.3, 0.4) is 0 Å². The zero-order chi connectivity index (χ0) is 23.2. The number of rotatable bonds is 3. The molecule has 0 bridgehead atoms. The van der Waals surface area contributed by atoms with Gasteiger partial charge in [0.15, 0.2) is 0 Å². The van der Waals surface area contributed by atoms with Gasteiger partial charge < -0.3 is 10.2 Å². The lowest BCUT2D eigenvalue weighted by Gasteiger charge is -2.26. The summed E-state index contributed by atoms with van der Waals surface area (Å²) in [5.41, 5.74) is 1.34. The van der Waals surface area contributed by atoms with E-state index in [1.165, 1.54) is 24.3 Å². The van der Waals surface area contributed by atoms with Gasteiger partial charge in [-0.25, -0.2) is 8.78 Å². The van der Waals surface area contributed by atoms with Gasteiger partial charge in [0, 0.05) is 11.6 Å². The molecule has 32 heavy (non-hydrogen) atoms. The number of aliphatic hydroxyl groups is 1. The number of hydrogen-bond donors (Lipinski definition) is 2. The van der Waals surface area contributed by atoms with E-state index in [9.17, 15) is 28.6 Å². The Balaban J connectivity index is 2.03. The van der Waals surface area contributed by atoms with Crippen LogP contribution in [0.4, 0.5) is 14.5 Å². The summed E-state index contributed by atoms with van der Waals surface area (Å²) < 4.78 is 28.6. The standard InChI is InChI=1S/C25H19F2NO4/c1-13-6-7-14(2)18(10-13)23(30)21-22(15-4-3-5-17(29)11-15)28(25(32)24(21)31)20-12-16(26)8-9-19(20)27/h3-12,22,29-30H,1-2H3/b23-21+. The molecule has 0 saturated carbocycles. The van der Waals surface area contributed by atoms with Gasteiger partial charge in [0.25, 0.3) is 11.7 Å². The van der Waals surface area contributed by atoms with E-state index in [2.05, 4.69) is 0 Å². The molecule has 1 saturated heterocycles. The fraction of sp³-hybridized carbons (Fsp3) is 0.120. The van der Waals surface area contributed by atoms with Crippen LogP contribution in [0.25, 0.3) is 5.76 Å². The zero-order valence-electron chi connectivity index (χ0n) is 17.3. The molecule has 1 heterocycles. The highest BCUT2D eigenvalue weighted by molar-refractivity contribution is 6.51. The Labute approximate surface area is 182 Å². The van der Waals surface area contributed by atoms with Gasteiger partial charge in [0.05, 0.1) is 17.3 Å². The minimum absolute atomic E-state index is 0.153. The van der Waals surface area contributed by atoms with E-state index in [4.69, 9.17) is 0 Å². The SMILES string of the molecule is Cc1ccc(C)c(/C(O)=C2\C(=O)C(=O)N(c3cc(F)ccc3F)C2c2cccc(O)c2)c1. The number of anilines is 1. The van der Waals surface area contributed by atoms with Crippen LogP contribution in [-0.2, 0) is 9.59 Å². The number of halogens is 2. The lowest BCUT2D eigenvalue weighted by Crippen LogP contribution is -2.30. The summed E-state index contributed by atoms with van der Waals surface area (Å²) in [7, 11) is 0. The van der Waals surface area contributed by atoms with Crippen LogP contribution in [0.15, 0.2) is 66.2 Å². The molecule has 4 rings (SSSR count). The smallest absolute Gasteiger partial charge is 0.300 e. The van der Waals surface area contributed by atoms with Gasteiger partial charge >= 0.3 is 0 Å². The number of hydrogen-bond acceptors (Lipinski definition) is 4. The Hall–Kier alpha value is -4.00. The van der Waals surface area contributed by atoms with Crippen LogP contribution >= 0.6 is 0 Å². The predicted octanol–water partition coefficient (Wildman–Crippen LogP) is 4.91. The number of aromatic hydroxyl groups is 1. The van der Waals surface area contributed by atoms with Crippen molar-refractivity contribution < 1.29 is 28.6 Å². The fourth-order valence-corrected chi connectivity index (χ4v) is 3.90. The van der Waals surface area contributed by atoms with Crippen molar-refractivity contribution in [3.63, 3.8) is 0 Å². The number of nitrogens with zero attached hydrogens (tertiary/aromatic N) is 1. The average molecular weight is 435 g/mol. The van der Waals surface area contributed by atoms with Crippen molar-refractivity contribution >= 4 is 23.1 Å². The van der Waals surface area contributed by atoms with Crippen molar-refractivity contribution in [2.24, 2.45) is 0 Å². The molecule has 1 amide bonds. The molecular formula is C25H19F2NO4. The number of carbonyl (C=O) groups excluding carboxylic acids is 2. The van der Waals surface area contributed by atoms with Crippen LogP contribution in [0.1, 0.15) is 28.3 Å². The van der Waals surface area contributed by atoms with E-state index >= 15 is 0 Å². The van der Waals surface area contributed by atoms with Crippen molar-refractivity contribution in [3.05, 3.63) is 100 Å². The molecule has 1 atom stereocenters. The van der Waals surface area contributed by atoms with Gasteiger partial charge in [-0.3, -0.25) is 14.5 Å². The van der Waals surface area contributed by atoms with E-state index in [-0.39, 0.29) is 16.9 Å². The topological polar surface area (TPSA) is 77.8 Å². The quantitative estimate of drug-likeness (QED) is 0.348. The van der Waals surface area contributed by atoms with Crippen molar-refractivity contribution in [1.29, 1.82) is 0 Å². The first-order valence-corrected chi connectivity index (χ1v) is 9.81. The highest BCUT2D eigenvalue weighted by Crippen LogP contribution is 2.44. The molecule has 7 heteroatoms. The number of benzene rings is 3. The third-order valence-corrected chi connectivity index (χ3v) is 5.45. The number of phenolic OH excluding ortho intramolecular Hbond substituents is 1. The number of Topliss-reactive ketones (excluding diaryl/α,β-unsaturated/α-hetero) is 1. The summed E-state index contributed by atoms with van der Waals surface area (Å²) in [6, 6.07) is 12.3. The zero-order valence-corrected chi connectivity index (χ0v) is 17.3. The maximum absolute atomic E-state index is 14.7. The normalized spacial score (nSPS) is 17.8. The maximum atomic E-state index is 14.7. The van der Waals surface area contributed by atoms with Crippen molar-refractivity contribution in [2.45, 2.75) is 19.9 Å². The number of phenols is 1. The molecule has 3 aromatic carbocycles. The molecule has 0 spiro atoms. The summed E-state index contributed by atoms with van der Waals surface area (Å²) in [4.78, 5) is 26.9. The summed E-state index contributed by atoms with van der Waals surface area (Å²) in [6.45, 7) is 3.55. The molecule has 1 unspecified atom stereocenters. The van der Waals surface area contributed by atoms with Crippen molar-refractivity contribution in [3.8, 4) is 5.75 Å². The number of aliphatic hydroxyl groups excluding tert-OH is 1. The first-order valence-electron chi connectivity index (χ1n) is 9.81. The first kappa shape index (κ1) is 21.2. The van der Waals surface area contributed by atoms with Gasteiger partial charge in [0.2, 0.25) is 0 Å². The third kappa shape index (κ3) is 3.51. The van der Waals surface area contributed by atoms with Gasteiger partial charge in [-0.2, -0.15) is 0 Å². The molecular weight excluding hydrogens is 416 g/mol. The number of carbonyl (C=O) groups is 2. The predicted molar refractivity (Wildman–Crippen MR) is 115 cm³/mol. The van der Waals surface area contributed by atoms with Gasteiger partial charge in [-0.15, -0.1) is 0 Å². The Kier molecular flexibility index (Phi) is 5.26. The monoisotopic (exact) mass is 435 g/mol. The molecule has 5 nitrogen and oxygen atoms in total.